The van der Waals surface area contributed by atoms with Gasteiger partial charge in [0.2, 0.25) is 0 Å². The van der Waals surface area contributed by atoms with Crippen LogP contribution in [0.5, 0.6) is 0 Å². The monoisotopic (exact) mass is 379 g/mol. The quantitative estimate of drug-likeness (QED) is 0.634. The second-order valence-electron chi connectivity index (χ2n) is 6.11. The summed E-state index contributed by atoms with van der Waals surface area (Å²) in [6.45, 7) is 6.16. The van der Waals surface area contributed by atoms with E-state index in [-0.39, 0.29) is 11.4 Å². The van der Waals surface area contributed by atoms with Crippen molar-refractivity contribution in [1.29, 1.82) is 0 Å². The second kappa shape index (κ2) is 8.94. The summed E-state index contributed by atoms with van der Waals surface area (Å²) in [6, 6.07) is 16.9. The molecule has 144 valence electrons. The third-order valence-electron chi connectivity index (χ3n) is 4.26. The maximum Gasteiger partial charge on any atom is 0.256 e. The van der Waals surface area contributed by atoms with Gasteiger partial charge in [-0.05, 0) is 68.4 Å². The minimum atomic E-state index is -0.467. The fraction of sp³-hybridized carbons (Fsp3) is 0.190. The number of nitrogens with one attached hydrogen (secondary N) is 2. The zero-order valence-corrected chi connectivity index (χ0v) is 15.8. The van der Waals surface area contributed by atoms with Gasteiger partial charge in [0.25, 0.3) is 5.91 Å². The molecule has 0 aliphatic rings. The third-order valence-corrected chi connectivity index (χ3v) is 4.26. The van der Waals surface area contributed by atoms with Gasteiger partial charge in [-0.3, -0.25) is 4.79 Å². The van der Waals surface area contributed by atoms with Crippen LogP contribution in [-0.4, -0.2) is 29.2 Å². The van der Waals surface area contributed by atoms with E-state index in [2.05, 4.69) is 51.7 Å². The Labute approximate surface area is 163 Å². The summed E-state index contributed by atoms with van der Waals surface area (Å²) >= 11 is 0. The van der Waals surface area contributed by atoms with Gasteiger partial charge < -0.3 is 15.5 Å². The number of carbonyl (C=O) groups is 1. The number of hydrogen-bond donors (Lipinski definition) is 2. The first kappa shape index (κ1) is 19.3. The molecule has 0 saturated heterocycles. The summed E-state index contributed by atoms with van der Waals surface area (Å²) in [5.41, 5.74) is 2.27. The molecule has 0 unspecified atom stereocenters. The fourth-order valence-corrected chi connectivity index (χ4v) is 2.78. The molecule has 0 bridgehead atoms. The molecule has 2 N–H and O–H groups in total. The molecule has 0 radical (unpaired) electrons. The predicted molar refractivity (Wildman–Crippen MR) is 110 cm³/mol. The van der Waals surface area contributed by atoms with Crippen molar-refractivity contribution >= 4 is 28.9 Å². The van der Waals surface area contributed by atoms with Crippen molar-refractivity contribution in [3.05, 3.63) is 72.0 Å². The molecule has 7 heteroatoms. The van der Waals surface area contributed by atoms with Gasteiger partial charge in [-0.1, -0.05) is 6.07 Å². The van der Waals surface area contributed by atoms with Crippen LogP contribution in [0.15, 0.2) is 60.7 Å². The van der Waals surface area contributed by atoms with Gasteiger partial charge in [-0.25, -0.2) is 4.39 Å². The minimum absolute atomic E-state index is 0.220. The number of aromatic nitrogens is 2. The molecule has 3 rings (SSSR count). The first-order valence-electron chi connectivity index (χ1n) is 9.11. The molecular weight excluding hydrogens is 357 g/mol. The molecule has 6 nitrogen and oxygen atoms in total. The van der Waals surface area contributed by atoms with Crippen LogP contribution < -0.4 is 15.5 Å². The van der Waals surface area contributed by atoms with Gasteiger partial charge >= 0.3 is 0 Å². The standard InChI is InChI=1S/C21H22FN5O/c1-3-27(4-2)18-10-8-17(9-11-18)23-19-12-13-20(26-25-19)24-21(28)15-6-5-7-16(22)14-15/h5-14H,3-4H2,1-2H3,(H,23,25)(H,24,26,28). The molecule has 0 saturated carbocycles. The lowest BCUT2D eigenvalue weighted by Gasteiger charge is -2.21. The van der Waals surface area contributed by atoms with Crippen molar-refractivity contribution in [2.45, 2.75) is 13.8 Å². The topological polar surface area (TPSA) is 70.2 Å². The Morgan fingerprint density at radius 2 is 1.64 bits per heavy atom. The Morgan fingerprint density at radius 1 is 0.964 bits per heavy atom. The van der Waals surface area contributed by atoms with Crippen molar-refractivity contribution < 1.29 is 9.18 Å². The molecule has 0 aliphatic heterocycles. The van der Waals surface area contributed by atoms with Crippen LogP contribution in [0.3, 0.4) is 0 Å². The van der Waals surface area contributed by atoms with Gasteiger partial charge in [0.05, 0.1) is 0 Å². The molecule has 1 amide bonds. The van der Waals surface area contributed by atoms with Crippen molar-refractivity contribution in [3.8, 4) is 0 Å². The van der Waals surface area contributed by atoms with E-state index in [0.29, 0.717) is 5.82 Å². The maximum atomic E-state index is 13.2. The molecule has 0 atom stereocenters. The highest BCUT2D eigenvalue weighted by atomic mass is 19.1. The molecule has 3 aromatic rings. The Kier molecular flexibility index (Phi) is 6.16. The number of halogens is 1. The van der Waals surface area contributed by atoms with Gasteiger partial charge in [0.1, 0.15) is 5.82 Å². The van der Waals surface area contributed by atoms with E-state index in [4.69, 9.17) is 0 Å². The number of carbonyl (C=O) groups excluding carboxylic acids is 1. The summed E-state index contributed by atoms with van der Waals surface area (Å²) in [6.07, 6.45) is 0. The molecule has 0 aliphatic carbocycles. The normalized spacial score (nSPS) is 10.4. The lowest BCUT2D eigenvalue weighted by molar-refractivity contribution is 0.102. The average molecular weight is 379 g/mol. The molecule has 2 aromatic carbocycles. The smallest absolute Gasteiger partial charge is 0.256 e. The predicted octanol–water partition coefficient (Wildman–Crippen LogP) is 4.46. The van der Waals surface area contributed by atoms with Gasteiger partial charge in [0.15, 0.2) is 11.6 Å². The molecule has 0 spiro atoms. The Balaban J connectivity index is 1.62. The maximum absolute atomic E-state index is 13.2. The third kappa shape index (κ3) is 4.82. The van der Waals surface area contributed by atoms with E-state index in [0.717, 1.165) is 24.5 Å². The van der Waals surface area contributed by atoms with Crippen molar-refractivity contribution in [2.24, 2.45) is 0 Å². The van der Waals surface area contributed by atoms with Gasteiger partial charge in [-0.15, -0.1) is 10.2 Å². The highest BCUT2D eigenvalue weighted by Crippen LogP contribution is 2.20. The number of nitrogens with zero attached hydrogens (tertiary/aromatic N) is 3. The molecule has 1 heterocycles. The molecule has 0 fully saturated rings. The fourth-order valence-electron chi connectivity index (χ4n) is 2.78. The van der Waals surface area contributed by atoms with E-state index >= 15 is 0 Å². The van der Waals surface area contributed by atoms with Crippen molar-refractivity contribution in [2.75, 3.05) is 28.6 Å². The van der Waals surface area contributed by atoms with Crippen LogP contribution in [0.1, 0.15) is 24.2 Å². The number of anilines is 4. The summed E-state index contributed by atoms with van der Waals surface area (Å²) in [4.78, 5) is 14.4. The van der Waals surface area contributed by atoms with Crippen LogP contribution >= 0.6 is 0 Å². The zero-order chi connectivity index (χ0) is 19.9. The van der Waals surface area contributed by atoms with E-state index in [1.54, 1.807) is 12.1 Å². The van der Waals surface area contributed by atoms with Crippen LogP contribution in [0.2, 0.25) is 0 Å². The number of hydrogen-bond acceptors (Lipinski definition) is 5. The van der Waals surface area contributed by atoms with Gasteiger partial charge in [-0.2, -0.15) is 0 Å². The second-order valence-corrected chi connectivity index (χ2v) is 6.11. The molecule has 1 aromatic heterocycles. The lowest BCUT2D eigenvalue weighted by Crippen LogP contribution is -2.21. The minimum Gasteiger partial charge on any atom is -0.372 e. The first-order valence-corrected chi connectivity index (χ1v) is 9.11. The van der Waals surface area contributed by atoms with E-state index in [1.165, 1.54) is 24.3 Å². The van der Waals surface area contributed by atoms with Crippen LogP contribution in [-0.2, 0) is 0 Å². The Hall–Kier alpha value is -3.48. The SMILES string of the molecule is CCN(CC)c1ccc(Nc2ccc(NC(=O)c3cccc(F)c3)nn2)cc1. The number of benzene rings is 2. The highest BCUT2D eigenvalue weighted by molar-refractivity contribution is 6.03. The summed E-state index contributed by atoms with van der Waals surface area (Å²) in [5.74, 6) is -0.0668. The Morgan fingerprint density at radius 3 is 2.25 bits per heavy atom. The highest BCUT2D eigenvalue weighted by Gasteiger charge is 2.08. The Bertz CT molecular complexity index is 924. The number of amides is 1. The first-order chi connectivity index (χ1) is 13.6. The lowest BCUT2D eigenvalue weighted by atomic mass is 10.2. The molecule has 28 heavy (non-hydrogen) atoms. The average Bonchev–Trinajstić information content (AvgIpc) is 2.71. The largest absolute Gasteiger partial charge is 0.372 e. The van der Waals surface area contributed by atoms with E-state index in [9.17, 15) is 9.18 Å². The van der Waals surface area contributed by atoms with E-state index in [1.807, 2.05) is 12.1 Å². The summed E-state index contributed by atoms with van der Waals surface area (Å²) < 4.78 is 13.2. The van der Waals surface area contributed by atoms with Crippen LogP contribution in [0.4, 0.5) is 27.4 Å². The number of rotatable bonds is 7. The van der Waals surface area contributed by atoms with E-state index < -0.39 is 11.7 Å². The van der Waals surface area contributed by atoms with Crippen molar-refractivity contribution in [1.82, 2.24) is 10.2 Å². The van der Waals surface area contributed by atoms with Crippen LogP contribution in [0, 0.1) is 5.82 Å². The molecular formula is C21H22FN5O. The summed E-state index contributed by atoms with van der Waals surface area (Å²) in [5, 5.41) is 13.8. The zero-order valence-electron chi connectivity index (χ0n) is 15.8. The van der Waals surface area contributed by atoms with Crippen molar-refractivity contribution in [3.63, 3.8) is 0 Å². The van der Waals surface area contributed by atoms with Gasteiger partial charge in [0, 0.05) is 30.0 Å². The summed E-state index contributed by atoms with van der Waals surface area (Å²) in [7, 11) is 0. The van der Waals surface area contributed by atoms with Crippen LogP contribution in [0.25, 0.3) is 0 Å².